The largest absolute Gasteiger partial charge is 0.497 e. The summed E-state index contributed by atoms with van der Waals surface area (Å²) in [7, 11) is 3.12. The molecule has 1 amide bonds. The van der Waals surface area contributed by atoms with E-state index in [1.165, 1.54) is 0 Å². The predicted octanol–water partition coefficient (Wildman–Crippen LogP) is 3.10. The monoisotopic (exact) mass is 298 g/mol. The van der Waals surface area contributed by atoms with E-state index in [-0.39, 0.29) is 5.91 Å². The molecule has 0 bridgehead atoms. The van der Waals surface area contributed by atoms with Gasteiger partial charge in [-0.1, -0.05) is 11.2 Å². The van der Waals surface area contributed by atoms with Crippen LogP contribution in [0.15, 0.2) is 47.0 Å². The number of rotatable bonds is 4. The van der Waals surface area contributed by atoms with Gasteiger partial charge in [-0.05, 0) is 36.4 Å². The molecule has 0 radical (unpaired) electrons. The highest BCUT2D eigenvalue weighted by molar-refractivity contribution is 6.08. The third-order valence-corrected chi connectivity index (χ3v) is 3.26. The summed E-state index contributed by atoms with van der Waals surface area (Å²) in [5.41, 5.74) is 1.04. The third kappa shape index (κ3) is 2.46. The molecule has 0 unspecified atom stereocenters. The molecule has 6 heteroatoms. The molecule has 3 aromatic rings. The Bertz CT molecular complexity index is 809. The quantitative estimate of drug-likeness (QED) is 0.801. The Kier molecular flexibility index (Phi) is 3.65. The van der Waals surface area contributed by atoms with Crippen molar-refractivity contribution in [3.05, 3.63) is 48.0 Å². The molecule has 0 saturated carbocycles. The molecule has 0 atom stereocenters. The third-order valence-electron chi connectivity index (χ3n) is 3.26. The van der Waals surface area contributed by atoms with Crippen molar-refractivity contribution in [3.63, 3.8) is 0 Å². The Morgan fingerprint density at radius 2 is 1.86 bits per heavy atom. The Balaban J connectivity index is 1.90. The van der Waals surface area contributed by atoms with Gasteiger partial charge in [0.15, 0.2) is 11.4 Å². The molecular weight excluding hydrogens is 284 g/mol. The number of carbonyl (C=O) groups excluding carboxylic acids is 1. The minimum atomic E-state index is -0.288. The predicted molar refractivity (Wildman–Crippen MR) is 81.5 cm³/mol. The van der Waals surface area contributed by atoms with Gasteiger partial charge in [0.2, 0.25) is 0 Å². The van der Waals surface area contributed by atoms with Crippen LogP contribution in [-0.2, 0) is 0 Å². The van der Waals surface area contributed by atoms with Crippen molar-refractivity contribution in [1.29, 1.82) is 0 Å². The first kappa shape index (κ1) is 13.9. The van der Waals surface area contributed by atoms with E-state index in [4.69, 9.17) is 14.0 Å². The van der Waals surface area contributed by atoms with E-state index in [9.17, 15) is 4.79 Å². The second-order valence-electron chi connectivity index (χ2n) is 4.55. The maximum atomic E-state index is 12.3. The zero-order valence-corrected chi connectivity index (χ0v) is 12.1. The molecule has 2 aromatic carbocycles. The number of hydrogen-bond donors (Lipinski definition) is 1. The van der Waals surface area contributed by atoms with Crippen LogP contribution in [0, 0.1) is 0 Å². The molecule has 0 aliphatic rings. The van der Waals surface area contributed by atoms with E-state index in [1.54, 1.807) is 56.7 Å². The first-order valence-corrected chi connectivity index (χ1v) is 6.60. The summed E-state index contributed by atoms with van der Waals surface area (Å²) in [5, 5.41) is 7.25. The average molecular weight is 298 g/mol. The topological polar surface area (TPSA) is 73.6 Å². The Hall–Kier alpha value is -3.02. The van der Waals surface area contributed by atoms with Gasteiger partial charge >= 0.3 is 0 Å². The molecule has 1 N–H and O–H groups in total. The van der Waals surface area contributed by atoms with Gasteiger partial charge in [0, 0.05) is 5.56 Å². The molecule has 0 aliphatic heterocycles. The van der Waals surface area contributed by atoms with Crippen LogP contribution in [0.2, 0.25) is 0 Å². The van der Waals surface area contributed by atoms with Crippen molar-refractivity contribution in [2.75, 3.05) is 19.5 Å². The van der Waals surface area contributed by atoms with Gasteiger partial charge < -0.3 is 19.3 Å². The number of carbonyl (C=O) groups is 1. The zero-order valence-electron chi connectivity index (χ0n) is 12.1. The summed E-state index contributed by atoms with van der Waals surface area (Å²) in [6, 6.07) is 12.1. The van der Waals surface area contributed by atoms with Gasteiger partial charge in [-0.2, -0.15) is 0 Å². The summed E-state index contributed by atoms with van der Waals surface area (Å²) >= 11 is 0. The van der Waals surface area contributed by atoms with Gasteiger partial charge in [0.1, 0.15) is 16.9 Å². The Morgan fingerprint density at radius 1 is 1.09 bits per heavy atom. The summed E-state index contributed by atoms with van der Waals surface area (Å²) < 4.78 is 15.5. The highest BCUT2D eigenvalue weighted by Gasteiger charge is 2.16. The standard InChI is InChI=1S/C16H14N2O4/c1-20-11-8-6-10(7-9-11)16(19)17-15-14-12(21-2)4-3-5-13(14)22-18-15/h3-9H,1-2H3,(H,17,18,19). The highest BCUT2D eigenvalue weighted by Crippen LogP contribution is 2.32. The molecule has 0 saturated heterocycles. The first-order chi connectivity index (χ1) is 10.7. The maximum absolute atomic E-state index is 12.3. The van der Waals surface area contributed by atoms with Crippen LogP contribution in [0.3, 0.4) is 0 Å². The number of nitrogens with zero attached hydrogens (tertiary/aromatic N) is 1. The normalized spacial score (nSPS) is 10.5. The number of benzene rings is 2. The fraction of sp³-hybridized carbons (Fsp3) is 0.125. The van der Waals surface area contributed by atoms with E-state index in [2.05, 4.69) is 10.5 Å². The summed E-state index contributed by atoms with van der Waals surface area (Å²) in [4.78, 5) is 12.3. The van der Waals surface area contributed by atoms with Crippen LogP contribution >= 0.6 is 0 Å². The van der Waals surface area contributed by atoms with Crippen molar-refractivity contribution in [3.8, 4) is 11.5 Å². The second-order valence-corrected chi connectivity index (χ2v) is 4.55. The minimum Gasteiger partial charge on any atom is -0.497 e. The molecule has 3 rings (SSSR count). The smallest absolute Gasteiger partial charge is 0.256 e. The van der Waals surface area contributed by atoms with Crippen LogP contribution in [0.4, 0.5) is 5.82 Å². The van der Waals surface area contributed by atoms with Crippen LogP contribution in [-0.4, -0.2) is 25.3 Å². The number of nitrogens with one attached hydrogen (secondary N) is 1. The van der Waals surface area contributed by atoms with E-state index in [0.29, 0.717) is 33.8 Å². The number of aromatic nitrogens is 1. The van der Waals surface area contributed by atoms with Crippen LogP contribution < -0.4 is 14.8 Å². The average Bonchev–Trinajstić information content (AvgIpc) is 2.98. The van der Waals surface area contributed by atoms with E-state index in [0.717, 1.165) is 0 Å². The lowest BCUT2D eigenvalue weighted by Crippen LogP contribution is -2.12. The molecule has 0 spiro atoms. The van der Waals surface area contributed by atoms with Crippen molar-refractivity contribution < 1.29 is 18.8 Å². The highest BCUT2D eigenvalue weighted by atomic mass is 16.5. The van der Waals surface area contributed by atoms with Gasteiger partial charge in [-0.15, -0.1) is 0 Å². The molecule has 6 nitrogen and oxygen atoms in total. The zero-order chi connectivity index (χ0) is 15.5. The van der Waals surface area contributed by atoms with Gasteiger partial charge in [-0.25, -0.2) is 0 Å². The summed E-state index contributed by atoms with van der Waals surface area (Å²) in [6.45, 7) is 0. The first-order valence-electron chi connectivity index (χ1n) is 6.60. The molecular formula is C16H14N2O4. The second kappa shape index (κ2) is 5.77. The number of hydrogen-bond acceptors (Lipinski definition) is 5. The van der Waals surface area contributed by atoms with Crippen LogP contribution in [0.1, 0.15) is 10.4 Å². The number of ether oxygens (including phenoxy) is 2. The number of fused-ring (bicyclic) bond motifs is 1. The van der Waals surface area contributed by atoms with Gasteiger partial charge in [0.05, 0.1) is 14.2 Å². The Labute approximate surface area is 126 Å². The van der Waals surface area contributed by atoms with Gasteiger partial charge in [-0.3, -0.25) is 4.79 Å². The van der Waals surface area contributed by atoms with Gasteiger partial charge in [0.25, 0.3) is 5.91 Å². The van der Waals surface area contributed by atoms with Crippen molar-refractivity contribution in [1.82, 2.24) is 5.16 Å². The fourth-order valence-corrected chi connectivity index (χ4v) is 2.14. The van der Waals surface area contributed by atoms with Crippen LogP contribution in [0.5, 0.6) is 11.5 Å². The molecule has 22 heavy (non-hydrogen) atoms. The Morgan fingerprint density at radius 3 is 2.55 bits per heavy atom. The lowest BCUT2D eigenvalue weighted by molar-refractivity contribution is 0.102. The number of methoxy groups -OCH3 is 2. The van der Waals surface area contributed by atoms with E-state index >= 15 is 0 Å². The van der Waals surface area contributed by atoms with Crippen molar-refractivity contribution in [2.24, 2.45) is 0 Å². The van der Waals surface area contributed by atoms with Crippen molar-refractivity contribution in [2.45, 2.75) is 0 Å². The minimum absolute atomic E-state index is 0.288. The van der Waals surface area contributed by atoms with Crippen molar-refractivity contribution >= 4 is 22.7 Å². The van der Waals surface area contributed by atoms with E-state index in [1.807, 2.05) is 0 Å². The fourth-order valence-electron chi connectivity index (χ4n) is 2.14. The number of amides is 1. The molecule has 1 heterocycles. The molecule has 1 aromatic heterocycles. The lowest BCUT2D eigenvalue weighted by atomic mass is 10.2. The SMILES string of the molecule is COc1ccc(C(=O)Nc2noc3cccc(OC)c23)cc1. The van der Waals surface area contributed by atoms with Crippen LogP contribution in [0.25, 0.3) is 11.0 Å². The number of anilines is 1. The van der Waals surface area contributed by atoms with E-state index < -0.39 is 0 Å². The summed E-state index contributed by atoms with van der Waals surface area (Å²) in [5.74, 6) is 1.31. The lowest BCUT2D eigenvalue weighted by Gasteiger charge is -2.05. The molecule has 112 valence electrons. The molecule has 0 aliphatic carbocycles. The maximum Gasteiger partial charge on any atom is 0.256 e. The molecule has 0 fully saturated rings. The summed E-state index contributed by atoms with van der Waals surface area (Å²) in [6.07, 6.45) is 0.